The molecule has 0 heterocycles. The Bertz CT molecular complexity index is 764. The van der Waals surface area contributed by atoms with E-state index in [2.05, 4.69) is 12.2 Å². The number of carbonyl (C=O) groups excluding carboxylic acids is 1. The van der Waals surface area contributed by atoms with Crippen molar-refractivity contribution in [3.63, 3.8) is 0 Å². The summed E-state index contributed by atoms with van der Waals surface area (Å²) in [6.45, 7) is 6.05. The van der Waals surface area contributed by atoms with Crippen LogP contribution in [0.2, 0.25) is 0 Å². The van der Waals surface area contributed by atoms with Gasteiger partial charge in [0.1, 0.15) is 11.5 Å². The van der Waals surface area contributed by atoms with Crippen LogP contribution in [0.1, 0.15) is 50.2 Å². The molecule has 0 spiro atoms. The van der Waals surface area contributed by atoms with E-state index in [-0.39, 0.29) is 5.91 Å². The zero-order valence-electron chi connectivity index (χ0n) is 16.5. The molecule has 4 nitrogen and oxygen atoms in total. The number of benzene rings is 2. The zero-order chi connectivity index (χ0) is 19.2. The van der Waals surface area contributed by atoms with Gasteiger partial charge in [0.15, 0.2) is 6.10 Å². The Morgan fingerprint density at radius 3 is 2.33 bits per heavy atom. The van der Waals surface area contributed by atoms with Crippen molar-refractivity contribution in [2.24, 2.45) is 0 Å². The Morgan fingerprint density at radius 2 is 1.70 bits per heavy atom. The zero-order valence-corrected chi connectivity index (χ0v) is 16.5. The van der Waals surface area contributed by atoms with Crippen LogP contribution in [0.15, 0.2) is 42.5 Å². The van der Waals surface area contributed by atoms with Gasteiger partial charge in [-0.05, 0) is 93.5 Å². The van der Waals surface area contributed by atoms with E-state index in [1.165, 1.54) is 18.4 Å². The Labute approximate surface area is 161 Å². The summed E-state index contributed by atoms with van der Waals surface area (Å²) in [5.74, 6) is 1.44. The van der Waals surface area contributed by atoms with Gasteiger partial charge in [-0.25, -0.2) is 0 Å². The third-order valence-corrected chi connectivity index (χ3v) is 5.15. The van der Waals surface area contributed by atoms with E-state index in [0.717, 1.165) is 35.6 Å². The molecular formula is C23H29NO3. The van der Waals surface area contributed by atoms with Crippen molar-refractivity contribution in [3.05, 3.63) is 53.6 Å². The van der Waals surface area contributed by atoms with Crippen LogP contribution >= 0.6 is 0 Å². The maximum atomic E-state index is 12.6. The van der Waals surface area contributed by atoms with Gasteiger partial charge in [-0.1, -0.05) is 13.0 Å². The van der Waals surface area contributed by atoms with Gasteiger partial charge in [0.05, 0.1) is 6.10 Å². The van der Waals surface area contributed by atoms with E-state index in [4.69, 9.17) is 9.47 Å². The molecule has 0 radical (unpaired) electrons. The highest BCUT2D eigenvalue weighted by Gasteiger charge is 2.19. The molecule has 1 N–H and O–H groups in total. The number of hydrogen-bond acceptors (Lipinski definition) is 3. The fourth-order valence-corrected chi connectivity index (χ4v) is 3.31. The standard InChI is InChI=1S/C23H29NO3/c1-4-22(27-21-12-9-16(2)17(3)15-21)23(25)24-18-10-13-20(14-11-18)26-19-7-5-6-8-19/h9-15,19,22H,4-8H2,1-3H3,(H,24,25)/t22-/m1/s1. The molecule has 1 saturated carbocycles. The summed E-state index contributed by atoms with van der Waals surface area (Å²) < 4.78 is 11.9. The smallest absolute Gasteiger partial charge is 0.265 e. The Kier molecular flexibility index (Phi) is 6.38. The number of aryl methyl sites for hydroxylation is 2. The SMILES string of the molecule is CC[C@@H](Oc1ccc(C)c(C)c1)C(=O)Nc1ccc(OC2CCCC2)cc1. The van der Waals surface area contributed by atoms with Gasteiger partial charge >= 0.3 is 0 Å². The number of hydrogen-bond donors (Lipinski definition) is 1. The van der Waals surface area contributed by atoms with E-state index >= 15 is 0 Å². The minimum absolute atomic E-state index is 0.139. The molecule has 144 valence electrons. The monoisotopic (exact) mass is 367 g/mol. The highest BCUT2D eigenvalue weighted by molar-refractivity contribution is 5.94. The van der Waals surface area contributed by atoms with Crippen LogP contribution in [0.5, 0.6) is 11.5 Å². The molecule has 2 aromatic carbocycles. The summed E-state index contributed by atoms with van der Waals surface area (Å²) in [7, 11) is 0. The highest BCUT2D eigenvalue weighted by Crippen LogP contribution is 2.25. The van der Waals surface area contributed by atoms with Crippen LogP contribution < -0.4 is 14.8 Å². The molecule has 0 unspecified atom stereocenters. The molecule has 1 aliphatic rings. The minimum atomic E-state index is -0.526. The Balaban J connectivity index is 1.57. The molecule has 3 rings (SSSR count). The topological polar surface area (TPSA) is 47.6 Å². The largest absolute Gasteiger partial charge is 0.490 e. The molecule has 0 saturated heterocycles. The first-order valence-corrected chi connectivity index (χ1v) is 9.86. The normalized spacial score (nSPS) is 15.4. The first kappa shape index (κ1) is 19.3. The molecule has 0 bridgehead atoms. The number of rotatable bonds is 7. The number of amides is 1. The van der Waals surface area contributed by atoms with Crippen molar-refractivity contribution in [2.75, 3.05) is 5.32 Å². The Hall–Kier alpha value is -2.49. The molecule has 0 aliphatic heterocycles. The van der Waals surface area contributed by atoms with Gasteiger partial charge in [-0.2, -0.15) is 0 Å². The molecule has 1 amide bonds. The van der Waals surface area contributed by atoms with E-state index in [9.17, 15) is 4.79 Å². The summed E-state index contributed by atoms with van der Waals surface area (Å²) >= 11 is 0. The lowest BCUT2D eigenvalue weighted by Gasteiger charge is -2.18. The predicted molar refractivity (Wildman–Crippen MR) is 109 cm³/mol. The number of ether oxygens (including phenoxy) is 2. The van der Waals surface area contributed by atoms with Gasteiger partial charge < -0.3 is 14.8 Å². The van der Waals surface area contributed by atoms with Crippen molar-refractivity contribution < 1.29 is 14.3 Å². The molecule has 0 aromatic heterocycles. The molecule has 2 aromatic rings. The third kappa shape index (κ3) is 5.25. The fourth-order valence-electron chi connectivity index (χ4n) is 3.31. The molecule has 1 aliphatic carbocycles. The average Bonchev–Trinajstić information content (AvgIpc) is 3.17. The van der Waals surface area contributed by atoms with Crippen molar-refractivity contribution in [1.82, 2.24) is 0 Å². The minimum Gasteiger partial charge on any atom is -0.490 e. The van der Waals surface area contributed by atoms with Gasteiger partial charge in [0, 0.05) is 5.69 Å². The second kappa shape index (κ2) is 8.94. The molecule has 4 heteroatoms. The van der Waals surface area contributed by atoms with Gasteiger partial charge in [-0.15, -0.1) is 0 Å². The van der Waals surface area contributed by atoms with Crippen molar-refractivity contribution in [1.29, 1.82) is 0 Å². The number of nitrogens with one attached hydrogen (secondary N) is 1. The van der Waals surface area contributed by atoms with Crippen LogP contribution in [0.25, 0.3) is 0 Å². The van der Waals surface area contributed by atoms with Gasteiger partial charge in [0.2, 0.25) is 0 Å². The van der Waals surface area contributed by atoms with Crippen LogP contribution in [0.4, 0.5) is 5.69 Å². The number of carbonyl (C=O) groups is 1. The average molecular weight is 367 g/mol. The fraction of sp³-hybridized carbons (Fsp3) is 0.435. The summed E-state index contributed by atoms with van der Waals surface area (Å²) in [5.41, 5.74) is 3.11. The third-order valence-electron chi connectivity index (χ3n) is 5.15. The maximum Gasteiger partial charge on any atom is 0.265 e. The van der Waals surface area contributed by atoms with Crippen molar-refractivity contribution >= 4 is 11.6 Å². The van der Waals surface area contributed by atoms with Gasteiger partial charge in [0.25, 0.3) is 5.91 Å². The summed E-state index contributed by atoms with van der Waals surface area (Å²) in [6.07, 6.45) is 5.17. The first-order chi connectivity index (χ1) is 13.0. The quantitative estimate of drug-likeness (QED) is 0.711. The van der Waals surface area contributed by atoms with Crippen LogP contribution in [-0.2, 0) is 4.79 Å². The summed E-state index contributed by atoms with van der Waals surface area (Å²) in [4.78, 5) is 12.6. The lowest BCUT2D eigenvalue weighted by molar-refractivity contribution is -0.122. The maximum absolute atomic E-state index is 12.6. The van der Waals surface area contributed by atoms with E-state index in [1.54, 1.807) is 0 Å². The summed E-state index contributed by atoms with van der Waals surface area (Å²) in [5, 5.41) is 2.94. The predicted octanol–water partition coefficient (Wildman–Crippen LogP) is 5.42. The molecule has 27 heavy (non-hydrogen) atoms. The second-order valence-electron chi connectivity index (χ2n) is 7.30. The van der Waals surface area contributed by atoms with Crippen LogP contribution in [0.3, 0.4) is 0 Å². The highest BCUT2D eigenvalue weighted by atomic mass is 16.5. The second-order valence-corrected chi connectivity index (χ2v) is 7.30. The van der Waals surface area contributed by atoms with Crippen LogP contribution in [0, 0.1) is 13.8 Å². The first-order valence-electron chi connectivity index (χ1n) is 9.86. The lowest BCUT2D eigenvalue weighted by atomic mass is 10.1. The number of anilines is 1. The van der Waals surface area contributed by atoms with E-state index in [1.807, 2.05) is 56.3 Å². The Morgan fingerprint density at radius 1 is 1.04 bits per heavy atom. The lowest BCUT2D eigenvalue weighted by Crippen LogP contribution is -2.32. The molecular weight excluding hydrogens is 338 g/mol. The van der Waals surface area contributed by atoms with Gasteiger partial charge in [-0.3, -0.25) is 4.79 Å². The summed E-state index contributed by atoms with van der Waals surface area (Å²) in [6, 6.07) is 13.5. The molecule has 1 fully saturated rings. The molecule has 1 atom stereocenters. The van der Waals surface area contributed by atoms with Crippen LogP contribution in [-0.4, -0.2) is 18.1 Å². The van der Waals surface area contributed by atoms with E-state index in [0.29, 0.717) is 12.5 Å². The van der Waals surface area contributed by atoms with Crippen molar-refractivity contribution in [3.8, 4) is 11.5 Å². The van der Waals surface area contributed by atoms with Crippen molar-refractivity contribution in [2.45, 2.75) is 65.1 Å². The van der Waals surface area contributed by atoms with E-state index < -0.39 is 6.10 Å².